The lowest BCUT2D eigenvalue weighted by Crippen LogP contribution is -2.36. The van der Waals surface area contributed by atoms with Gasteiger partial charge in [0, 0.05) is 13.1 Å². The molecule has 1 saturated heterocycles. The van der Waals surface area contributed by atoms with Gasteiger partial charge < -0.3 is 15.5 Å². The van der Waals surface area contributed by atoms with Gasteiger partial charge in [-0.25, -0.2) is 0 Å². The third-order valence-electron chi connectivity index (χ3n) is 4.64. The zero-order valence-electron chi connectivity index (χ0n) is 11.6. The van der Waals surface area contributed by atoms with Crippen molar-refractivity contribution >= 4 is 0 Å². The minimum absolute atomic E-state index is 0.498. The summed E-state index contributed by atoms with van der Waals surface area (Å²) in [4.78, 5) is 4.99. The van der Waals surface area contributed by atoms with Crippen LogP contribution in [0.15, 0.2) is 0 Å². The predicted octanol–water partition coefficient (Wildman–Crippen LogP) is 1.39. The van der Waals surface area contributed by atoms with E-state index in [-0.39, 0.29) is 0 Å². The van der Waals surface area contributed by atoms with Crippen molar-refractivity contribution < 1.29 is 0 Å². The van der Waals surface area contributed by atoms with Gasteiger partial charge in [-0.05, 0) is 77.2 Å². The third kappa shape index (κ3) is 3.94. The molecule has 0 aromatic carbocycles. The molecule has 1 aliphatic heterocycles. The van der Waals surface area contributed by atoms with E-state index in [9.17, 15) is 0 Å². The van der Waals surface area contributed by atoms with Gasteiger partial charge in [0.2, 0.25) is 0 Å². The third-order valence-corrected chi connectivity index (χ3v) is 4.64. The Kier molecular flexibility index (Phi) is 4.45. The standard InChI is InChI=1S/C14H29N3/c1-16-8-3-4-13(10-16)5-9-17(2)12-14(11-15)6-7-14/h13H,3-12,15H2,1-2H3. The van der Waals surface area contributed by atoms with Crippen molar-refractivity contribution in [3.63, 3.8) is 0 Å². The normalized spacial score (nSPS) is 28.6. The van der Waals surface area contributed by atoms with Gasteiger partial charge in [0.1, 0.15) is 0 Å². The van der Waals surface area contributed by atoms with Crippen molar-refractivity contribution in [2.45, 2.75) is 32.1 Å². The van der Waals surface area contributed by atoms with E-state index < -0.39 is 0 Å². The molecule has 0 bridgehead atoms. The molecule has 2 fully saturated rings. The van der Waals surface area contributed by atoms with Gasteiger partial charge >= 0.3 is 0 Å². The van der Waals surface area contributed by atoms with Crippen LogP contribution in [-0.2, 0) is 0 Å². The van der Waals surface area contributed by atoms with E-state index in [1.807, 2.05) is 0 Å². The van der Waals surface area contributed by atoms with E-state index in [0.29, 0.717) is 5.41 Å². The molecule has 1 aliphatic carbocycles. The Bertz CT molecular complexity index is 238. The molecule has 1 heterocycles. The second-order valence-corrected chi connectivity index (χ2v) is 6.50. The maximum atomic E-state index is 5.84. The monoisotopic (exact) mass is 239 g/mol. The topological polar surface area (TPSA) is 32.5 Å². The minimum atomic E-state index is 0.498. The molecule has 17 heavy (non-hydrogen) atoms. The molecule has 0 aromatic rings. The van der Waals surface area contributed by atoms with Gasteiger partial charge in [0.25, 0.3) is 0 Å². The molecular weight excluding hydrogens is 210 g/mol. The molecule has 3 heteroatoms. The SMILES string of the molecule is CN1CCCC(CCN(C)CC2(CN)CC2)C1. The molecule has 2 N–H and O–H groups in total. The second-order valence-electron chi connectivity index (χ2n) is 6.50. The van der Waals surface area contributed by atoms with E-state index in [0.717, 1.165) is 12.5 Å². The summed E-state index contributed by atoms with van der Waals surface area (Å²) in [5.41, 5.74) is 6.34. The van der Waals surface area contributed by atoms with Crippen LogP contribution in [0.2, 0.25) is 0 Å². The van der Waals surface area contributed by atoms with E-state index in [1.54, 1.807) is 0 Å². The van der Waals surface area contributed by atoms with Gasteiger partial charge in [-0.1, -0.05) is 0 Å². The van der Waals surface area contributed by atoms with Crippen molar-refractivity contribution in [3.05, 3.63) is 0 Å². The van der Waals surface area contributed by atoms with E-state index in [4.69, 9.17) is 5.73 Å². The molecule has 3 nitrogen and oxygen atoms in total. The summed E-state index contributed by atoms with van der Waals surface area (Å²) in [6.45, 7) is 5.94. The fourth-order valence-electron chi connectivity index (χ4n) is 3.17. The first-order valence-electron chi connectivity index (χ1n) is 7.21. The molecular formula is C14H29N3. The van der Waals surface area contributed by atoms with Crippen LogP contribution in [0.5, 0.6) is 0 Å². The number of hydrogen-bond donors (Lipinski definition) is 1. The Labute approximate surface area is 106 Å². The summed E-state index contributed by atoms with van der Waals surface area (Å²) >= 11 is 0. The van der Waals surface area contributed by atoms with Crippen LogP contribution in [0, 0.1) is 11.3 Å². The first-order valence-corrected chi connectivity index (χ1v) is 7.21. The highest BCUT2D eigenvalue weighted by Gasteiger charge is 2.41. The van der Waals surface area contributed by atoms with Crippen LogP contribution in [0.25, 0.3) is 0 Å². The molecule has 0 spiro atoms. The molecule has 2 rings (SSSR count). The number of hydrogen-bond acceptors (Lipinski definition) is 3. The highest BCUT2D eigenvalue weighted by atomic mass is 15.1. The van der Waals surface area contributed by atoms with Crippen LogP contribution in [0.4, 0.5) is 0 Å². The van der Waals surface area contributed by atoms with Crippen LogP contribution in [0.1, 0.15) is 32.1 Å². The van der Waals surface area contributed by atoms with Gasteiger partial charge in [-0.15, -0.1) is 0 Å². The van der Waals surface area contributed by atoms with Crippen LogP contribution < -0.4 is 5.73 Å². The molecule has 1 atom stereocenters. The smallest absolute Gasteiger partial charge is 0.00470 e. The highest BCUT2D eigenvalue weighted by molar-refractivity contribution is 4.95. The highest BCUT2D eigenvalue weighted by Crippen LogP contribution is 2.44. The van der Waals surface area contributed by atoms with Crippen LogP contribution in [0.3, 0.4) is 0 Å². The lowest BCUT2D eigenvalue weighted by Gasteiger charge is -2.31. The van der Waals surface area contributed by atoms with Crippen molar-refractivity contribution in [3.8, 4) is 0 Å². The van der Waals surface area contributed by atoms with E-state index in [1.165, 1.54) is 58.3 Å². The van der Waals surface area contributed by atoms with Crippen molar-refractivity contribution in [2.75, 3.05) is 46.8 Å². The zero-order chi connectivity index (χ0) is 12.3. The minimum Gasteiger partial charge on any atom is -0.330 e. The first kappa shape index (κ1) is 13.3. The van der Waals surface area contributed by atoms with E-state index >= 15 is 0 Å². The van der Waals surface area contributed by atoms with Gasteiger partial charge in [-0.3, -0.25) is 0 Å². The summed E-state index contributed by atoms with van der Waals surface area (Å²) in [6, 6.07) is 0. The Morgan fingerprint density at radius 2 is 2.18 bits per heavy atom. The van der Waals surface area contributed by atoms with Crippen molar-refractivity contribution in [2.24, 2.45) is 17.1 Å². The van der Waals surface area contributed by atoms with Crippen molar-refractivity contribution in [1.82, 2.24) is 9.80 Å². The second kappa shape index (κ2) is 5.68. The number of nitrogens with two attached hydrogens (primary N) is 1. The van der Waals surface area contributed by atoms with Gasteiger partial charge in [-0.2, -0.15) is 0 Å². The summed E-state index contributed by atoms with van der Waals surface area (Å²) in [7, 11) is 4.52. The summed E-state index contributed by atoms with van der Waals surface area (Å²) in [5.74, 6) is 0.921. The van der Waals surface area contributed by atoms with Crippen LogP contribution in [-0.4, -0.2) is 56.6 Å². The molecule has 100 valence electrons. The summed E-state index contributed by atoms with van der Waals surface area (Å²) in [5, 5.41) is 0. The predicted molar refractivity (Wildman–Crippen MR) is 73.1 cm³/mol. The maximum Gasteiger partial charge on any atom is 0.00470 e. The van der Waals surface area contributed by atoms with E-state index in [2.05, 4.69) is 23.9 Å². The summed E-state index contributed by atoms with van der Waals surface area (Å²) < 4.78 is 0. The van der Waals surface area contributed by atoms with Gasteiger partial charge in [0.15, 0.2) is 0 Å². The summed E-state index contributed by atoms with van der Waals surface area (Å²) in [6.07, 6.45) is 6.87. The van der Waals surface area contributed by atoms with Crippen LogP contribution >= 0.6 is 0 Å². The Morgan fingerprint density at radius 1 is 1.41 bits per heavy atom. The fourth-order valence-corrected chi connectivity index (χ4v) is 3.17. The fraction of sp³-hybridized carbons (Fsp3) is 1.00. The lowest BCUT2D eigenvalue weighted by molar-refractivity contribution is 0.178. The molecule has 1 saturated carbocycles. The molecule has 2 aliphatic rings. The zero-order valence-corrected chi connectivity index (χ0v) is 11.6. The van der Waals surface area contributed by atoms with Gasteiger partial charge in [0.05, 0.1) is 0 Å². The number of likely N-dealkylation sites (tertiary alicyclic amines) is 1. The number of rotatable bonds is 6. The van der Waals surface area contributed by atoms with Crippen molar-refractivity contribution in [1.29, 1.82) is 0 Å². The molecule has 0 radical (unpaired) electrons. The number of nitrogens with zero attached hydrogens (tertiary/aromatic N) is 2. The lowest BCUT2D eigenvalue weighted by atomic mass is 9.95. The Morgan fingerprint density at radius 3 is 2.76 bits per heavy atom. The Balaban J connectivity index is 1.63. The average Bonchev–Trinajstić information content (AvgIpc) is 3.07. The molecule has 0 amide bonds. The Hall–Kier alpha value is -0.120. The first-order chi connectivity index (χ1) is 8.13. The quantitative estimate of drug-likeness (QED) is 0.760. The largest absolute Gasteiger partial charge is 0.330 e. The molecule has 0 aromatic heterocycles. The average molecular weight is 239 g/mol. The number of piperidine rings is 1. The maximum absolute atomic E-state index is 5.84. The molecule has 1 unspecified atom stereocenters.